The average molecular weight is 314 g/mol. The van der Waals surface area contributed by atoms with Gasteiger partial charge in [0, 0.05) is 30.1 Å². The molecular formula is C12H16BrN3S. The molecule has 0 saturated heterocycles. The molecule has 0 amide bonds. The summed E-state index contributed by atoms with van der Waals surface area (Å²) in [5, 5.41) is 4.34. The highest BCUT2D eigenvalue weighted by Crippen LogP contribution is 2.31. The largest absolute Gasteiger partial charge is 0.323 e. The first-order chi connectivity index (χ1) is 7.97. The van der Waals surface area contributed by atoms with Crippen LogP contribution in [0.25, 0.3) is 0 Å². The summed E-state index contributed by atoms with van der Waals surface area (Å²) in [6.07, 6.45) is 0.823. The van der Waals surface area contributed by atoms with Crippen molar-refractivity contribution < 1.29 is 0 Å². The molecule has 17 heavy (non-hydrogen) atoms. The van der Waals surface area contributed by atoms with E-state index in [0.29, 0.717) is 0 Å². The van der Waals surface area contributed by atoms with E-state index in [4.69, 9.17) is 5.73 Å². The Labute approximate surface area is 114 Å². The van der Waals surface area contributed by atoms with Crippen LogP contribution in [-0.2, 0) is 13.5 Å². The molecule has 2 N–H and O–H groups in total. The Morgan fingerprint density at radius 2 is 2.18 bits per heavy atom. The van der Waals surface area contributed by atoms with Gasteiger partial charge in [0.2, 0.25) is 0 Å². The first-order valence-electron chi connectivity index (χ1n) is 5.48. The van der Waals surface area contributed by atoms with Crippen LogP contribution >= 0.6 is 27.3 Å². The fourth-order valence-corrected chi connectivity index (χ4v) is 3.42. The number of nitrogens with two attached hydrogens (primary N) is 1. The number of halogens is 1. The molecule has 2 rings (SSSR count). The maximum atomic E-state index is 6.24. The minimum absolute atomic E-state index is 0.0415. The smallest absolute Gasteiger partial charge is 0.0731 e. The first kappa shape index (κ1) is 12.8. The molecule has 2 aromatic heterocycles. The molecule has 0 bridgehead atoms. The number of thiophene rings is 1. The summed E-state index contributed by atoms with van der Waals surface area (Å²) in [4.78, 5) is 1.22. The van der Waals surface area contributed by atoms with Gasteiger partial charge in [-0.3, -0.25) is 4.68 Å². The molecule has 0 aliphatic heterocycles. The molecule has 0 saturated carbocycles. The van der Waals surface area contributed by atoms with Crippen LogP contribution in [0.3, 0.4) is 0 Å². The summed E-state index contributed by atoms with van der Waals surface area (Å²) in [6.45, 7) is 4.09. The quantitative estimate of drug-likeness (QED) is 0.946. The predicted molar refractivity (Wildman–Crippen MR) is 75.3 cm³/mol. The number of aryl methyl sites for hydroxylation is 3. The van der Waals surface area contributed by atoms with Crippen LogP contribution in [0.5, 0.6) is 0 Å². The summed E-state index contributed by atoms with van der Waals surface area (Å²) in [6, 6.07) is 4.29. The Morgan fingerprint density at radius 3 is 2.65 bits per heavy atom. The van der Waals surface area contributed by atoms with E-state index in [1.165, 1.54) is 19.9 Å². The molecule has 0 aliphatic rings. The third kappa shape index (κ3) is 2.78. The monoisotopic (exact) mass is 313 g/mol. The van der Waals surface area contributed by atoms with Gasteiger partial charge in [-0.15, -0.1) is 11.3 Å². The van der Waals surface area contributed by atoms with E-state index >= 15 is 0 Å². The zero-order chi connectivity index (χ0) is 12.6. The lowest BCUT2D eigenvalue weighted by atomic mass is 10.1. The predicted octanol–water partition coefficient (Wildman–Crippen LogP) is 3.10. The van der Waals surface area contributed by atoms with E-state index in [1.807, 2.05) is 18.7 Å². The van der Waals surface area contributed by atoms with Gasteiger partial charge in [0.1, 0.15) is 0 Å². The average Bonchev–Trinajstić information content (AvgIpc) is 2.72. The minimum atomic E-state index is 0.0415. The van der Waals surface area contributed by atoms with Gasteiger partial charge in [-0.25, -0.2) is 0 Å². The van der Waals surface area contributed by atoms with E-state index in [1.54, 1.807) is 11.3 Å². The van der Waals surface area contributed by atoms with E-state index < -0.39 is 0 Å². The van der Waals surface area contributed by atoms with Gasteiger partial charge < -0.3 is 5.73 Å². The standard InChI is InChI=1S/C12H16BrN3S/c1-7-4-11(17-12(7)13)10(14)6-9-5-8(2)15-16(9)3/h4-5,10H,6,14H2,1-3H3. The van der Waals surface area contributed by atoms with Gasteiger partial charge in [-0.05, 0) is 47.5 Å². The number of hydrogen-bond donors (Lipinski definition) is 1. The third-order valence-corrected chi connectivity index (χ3v) is 5.04. The third-order valence-electron chi connectivity index (χ3n) is 2.77. The van der Waals surface area contributed by atoms with Crippen molar-refractivity contribution in [3.05, 3.63) is 37.7 Å². The summed E-state index contributed by atoms with van der Waals surface area (Å²) in [5.41, 5.74) is 9.71. The first-order valence-corrected chi connectivity index (χ1v) is 7.09. The fourth-order valence-electron chi connectivity index (χ4n) is 1.85. The van der Waals surface area contributed by atoms with Crippen LogP contribution < -0.4 is 5.73 Å². The number of aromatic nitrogens is 2. The molecule has 92 valence electrons. The molecule has 1 unspecified atom stereocenters. The topological polar surface area (TPSA) is 43.8 Å². The molecule has 0 aliphatic carbocycles. The Morgan fingerprint density at radius 1 is 1.47 bits per heavy atom. The highest BCUT2D eigenvalue weighted by molar-refractivity contribution is 9.11. The molecule has 5 heteroatoms. The maximum absolute atomic E-state index is 6.24. The molecular weight excluding hydrogens is 298 g/mol. The van der Waals surface area contributed by atoms with E-state index in [9.17, 15) is 0 Å². The zero-order valence-corrected chi connectivity index (χ0v) is 12.6. The van der Waals surface area contributed by atoms with Gasteiger partial charge in [0.25, 0.3) is 0 Å². The molecule has 2 heterocycles. The van der Waals surface area contributed by atoms with Crippen molar-refractivity contribution in [2.45, 2.75) is 26.3 Å². The van der Waals surface area contributed by atoms with E-state index in [-0.39, 0.29) is 6.04 Å². The number of rotatable bonds is 3. The SMILES string of the molecule is Cc1cc(CC(N)c2cc(C)c(Br)s2)n(C)n1. The number of nitrogens with zero attached hydrogens (tertiary/aromatic N) is 2. The Bertz CT molecular complexity index is 510. The minimum Gasteiger partial charge on any atom is -0.323 e. The molecule has 0 spiro atoms. The summed E-state index contributed by atoms with van der Waals surface area (Å²) in [7, 11) is 1.96. The van der Waals surface area contributed by atoms with E-state index in [0.717, 1.165) is 12.1 Å². The molecule has 0 fully saturated rings. The highest BCUT2D eigenvalue weighted by Gasteiger charge is 2.14. The normalized spacial score (nSPS) is 13.0. The second-order valence-electron chi connectivity index (χ2n) is 4.32. The Kier molecular flexibility index (Phi) is 3.70. The molecule has 0 radical (unpaired) electrons. The number of hydrogen-bond acceptors (Lipinski definition) is 3. The summed E-state index contributed by atoms with van der Waals surface area (Å²) in [5.74, 6) is 0. The second kappa shape index (κ2) is 4.92. The van der Waals surface area contributed by atoms with Gasteiger partial charge in [0.05, 0.1) is 9.48 Å². The summed E-state index contributed by atoms with van der Waals surface area (Å²) < 4.78 is 3.08. The van der Waals surface area contributed by atoms with Crippen LogP contribution in [0.2, 0.25) is 0 Å². The van der Waals surface area contributed by atoms with Crippen molar-refractivity contribution in [1.29, 1.82) is 0 Å². The maximum Gasteiger partial charge on any atom is 0.0731 e. The Balaban J connectivity index is 2.16. The highest BCUT2D eigenvalue weighted by atomic mass is 79.9. The van der Waals surface area contributed by atoms with Crippen molar-refractivity contribution in [2.24, 2.45) is 12.8 Å². The Hall–Kier alpha value is -0.650. The van der Waals surface area contributed by atoms with Gasteiger partial charge >= 0.3 is 0 Å². The molecule has 0 aromatic carbocycles. The van der Waals surface area contributed by atoms with Crippen molar-refractivity contribution in [2.75, 3.05) is 0 Å². The van der Waals surface area contributed by atoms with Gasteiger partial charge in [-0.1, -0.05) is 0 Å². The lowest BCUT2D eigenvalue weighted by molar-refractivity contribution is 0.645. The van der Waals surface area contributed by atoms with Gasteiger partial charge in [0.15, 0.2) is 0 Å². The van der Waals surface area contributed by atoms with Crippen LogP contribution in [0, 0.1) is 13.8 Å². The van der Waals surface area contributed by atoms with Crippen LogP contribution in [0.15, 0.2) is 15.9 Å². The molecule has 2 aromatic rings. The van der Waals surface area contributed by atoms with E-state index in [2.05, 4.69) is 40.1 Å². The lowest BCUT2D eigenvalue weighted by Gasteiger charge is -2.09. The van der Waals surface area contributed by atoms with Gasteiger partial charge in [-0.2, -0.15) is 5.10 Å². The molecule has 3 nitrogen and oxygen atoms in total. The van der Waals surface area contributed by atoms with Crippen molar-refractivity contribution >= 4 is 27.3 Å². The van der Waals surface area contributed by atoms with Crippen LogP contribution in [-0.4, -0.2) is 9.78 Å². The lowest BCUT2D eigenvalue weighted by Crippen LogP contribution is -2.14. The second-order valence-corrected chi connectivity index (χ2v) is 6.72. The van der Waals surface area contributed by atoms with Crippen LogP contribution in [0.1, 0.15) is 27.9 Å². The van der Waals surface area contributed by atoms with Crippen LogP contribution in [0.4, 0.5) is 0 Å². The van der Waals surface area contributed by atoms with Crippen molar-refractivity contribution in [3.8, 4) is 0 Å². The zero-order valence-electron chi connectivity index (χ0n) is 10.2. The fraction of sp³-hybridized carbons (Fsp3) is 0.417. The molecule has 1 atom stereocenters. The van der Waals surface area contributed by atoms with Crippen molar-refractivity contribution in [3.63, 3.8) is 0 Å². The summed E-state index contributed by atoms with van der Waals surface area (Å²) >= 11 is 5.25. The van der Waals surface area contributed by atoms with Crippen molar-refractivity contribution in [1.82, 2.24) is 9.78 Å².